The molecule has 5 rings (SSSR count). The Hall–Kier alpha value is -5.20. The number of benzene rings is 3. The number of nitrogens with zero attached hydrogens (tertiary/aromatic N) is 1. The van der Waals surface area contributed by atoms with Gasteiger partial charge in [-0.3, -0.25) is 19.3 Å². The Morgan fingerprint density at radius 3 is 2.38 bits per heavy atom. The molecule has 3 amide bonds. The van der Waals surface area contributed by atoms with Crippen LogP contribution in [-0.2, 0) is 20.8 Å². The van der Waals surface area contributed by atoms with Crippen molar-refractivity contribution in [2.75, 3.05) is 24.7 Å². The van der Waals surface area contributed by atoms with Crippen molar-refractivity contribution >= 4 is 51.4 Å². The summed E-state index contributed by atoms with van der Waals surface area (Å²) in [7, 11) is 3.13. The predicted octanol–water partition coefficient (Wildman–Crippen LogP) is 3.40. The van der Waals surface area contributed by atoms with Gasteiger partial charge in [-0.1, -0.05) is 49.0 Å². The number of phenols is 1. The fraction of sp³-hybridized carbons (Fsp3) is 0.273. The molecule has 234 valence electrons. The summed E-state index contributed by atoms with van der Waals surface area (Å²) in [6.45, 7) is 3.56. The smallest absolute Gasteiger partial charge is 0.323 e. The molecule has 12 nitrogen and oxygen atoms in total. The highest BCUT2D eigenvalue weighted by Crippen LogP contribution is 2.50. The summed E-state index contributed by atoms with van der Waals surface area (Å²) < 4.78 is 0. The standard InChI is InChI=1S/C33H34N4O8/c1-16(38)28(37(2)3)21-14-19-13-18-11-12-23(36-32(44)35-22-10-6-8-17-7-4-5-9-20(17)22)29(41)26(18)30(42)27(19)31(43)33(21,45)24(39)15-25(34)40/h4-12,19,21,28,38,41-42,45H,1,13-15H2,2-3H3,(H2,34,40)(H2,35,36,44)/t19-,21-,28+,33+/m0/s1. The molecule has 3 aromatic carbocycles. The van der Waals surface area contributed by atoms with Gasteiger partial charge in [0.25, 0.3) is 0 Å². The number of hydrogen-bond donors (Lipinski definition) is 7. The topological polar surface area (TPSA) is 203 Å². The van der Waals surface area contributed by atoms with Gasteiger partial charge in [0.05, 0.1) is 29.4 Å². The van der Waals surface area contributed by atoms with Crippen LogP contribution in [0.2, 0.25) is 0 Å². The van der Waals surface area contributed by atoms with E-state index in [0.29, 0.717) is 11.3 Å². The number of Topliss-reactive ketones (excluding diaryl/α,β-unsaturated/α-hetero) is 2. The molecule has 0 spiro atoms. The molecule has 1 fully saturated rings. The van der Waals surface area contributed by atoms with Gasteiger partial charge in [0, 0.05) is 16.9 Å². The van der Waals surface area contributed by atoms with Crippen molar-refractivity contribution in [1.29, 1.82) is 0 Å². The second-order valence-corrected chi connectivity index (χ2v) is 11.7. The number of likely N-dealkylation sites (N-methyl/N-ethyl adjacent to an activating group) is 1. The van der Waals surface area contributed by atoms with E-state index in [0.717, 1.165) is 10.8 Å². The number of carbonyl (C=O) groups excluding carboxylic acids is 4. The zero-order chi connectivity index (χ0) is 32.8. The number of aliphatic hydroxyl groups excluding tert-OH is 2. The van der Waals surface area contributed by atoms with Crippen molar-refractivity contribution in [3.05, 3.63) is 83.6 Å². The Balaban J connectivity index is 1.52. The summed E-state index contributed by atoms with van der Waals surface area (Å²) in [6.07, 6.45) is -0.912. The van der Waals surface area contributed by atoms with E-state index in [1.165, 1.54) is 11.0 Å². The first-order valence-corrected chi connectivity index (χ1v) is 14.2. The van der Waals surface area contributed by atoms with Gasteiger partial charge in [-0.2, -0.15) is 0 Å². The molecule has 2 aliphatic rings. The van der Waals surface area contributed by atoms with Crippen LogP contribution in [0.25, 0.3) is 16.5 Å². The number of primary amides is 1. The number of rotatable bonds is 8. The second kappa shape index (κ2) is 11.7. The fourth-order valence-electron chi connectivity index (χ4n) is 6.69. The lowest BCUT2D eigenvalue weighted by Gasteiger charge is -2.47. The van der Waals surface area contributed by atoms with Crippen molar-refractivity contribution in [2.24, 2.45) is 17.6 Å². The number of aliphatic hydroxyl groups is 3. The maximum absolute atomic E-state index is 14.0. The highest BCUT2D eigenvalue weighted by atomic mass is 16.3. The lowest BCUT2D eigenvalue weighted by atomic mass is 9.59. The van der Waals surface area contributed by atoms with Crippen molar-refractivity contribution < 1.29 is 39.6 Å². The van der Waals surface area contributed by atoms with E-state index in [-0.39, 0.29) is 29.7 Å². The van der Waals surface area contributed by atoms with Gasteiger partial charge in [-0.25, -0.2) is 4.79 Å². The molecule has 0 radical (unpaired) electrons. The normalized spacial score (nSPS) is 21.6. The summed E-state index contributed by atoms with van der Waals surface area (Å²) in [5.41, 5.74) is 2.83. The highest BCUT2D eigenvalue weighted by Gasteiger charge is 2.60. The van der Waals surface area contributed by atoms with Crippen LogP contribution in [0.5, 0.6) is 5.75 Å². The Kier molecular flexibility index (Phi) is 8.13. The van der Waals surface area contributed by atoms with Gasteiger partial charge in [0.1, 0.15) is 17.3 Å². The number of hydrogen-bond acceptors (Lipinski definition) is 9. The number of nitrogens with one attached hydrogen (secondary N) is 2. The zero-order valence-electron chi connectivity index (χ0n) is 24.7. The molecule has 0 heterocycles. The van der Waals surface area contributed by atoms with E-state index >= 15 is 0 Å². The number of urea groups is 1. The maximum atomic E-state index is 14.0. The molecule has 2 aliphatic carbocycles. The molecule has 12 heteroatoms. The number of nitrogens with two attached hydrogens (primary N) is 1. The van der Waals surface area contributed by atoms with Gasteiger partial charge in [0.2, 0.25) is 11.7 Å². The van der Waals surface area contributed by atoms with Gasteiger partial charge in [0.15, 0.2) is 11.4 Å². The van der Waals surface area contributed by atoms with Crippen molar-refractivity contribution in [2.45, 2.75) is 30.9 Å². The van der Waals surface area contributed by atoms with Crippen molar-refractivity contribution in [3.8, 4) is 5.75 Å². The number of anilines is 2. The molecule has 8 N–H and O–H groups in total. The number of phenolic OH excluding ortho intramolecular Hbond substituents is 1. The summed E-state index contributed by atoms with van der Waals surface area (Å²) in [5.74, 6) is -7.02. The van der Waals surface area contributed by atoms with Crippen molar-refractivity contribution in [3.63, 3.8) is 0 Å². The van der Waals surface area contributed by atoms with E-state index in [2.05, 4.69) is 17.2 Å². The quantitative estimate of drug-likeness (QED) is 0.113. The maximum Gasteiger partial charge on any atom is 0.323 e. The lowest BCUT2D eigenvalue weighted by Crippen LogP contribution is -2.63. The van der Waals surface area contributed by atoms with E-state index in [1.54, 1.807) is 32.3 Å². The first kappa shape index (κ1) is 31.2. The van der Waals surface area contributed by atoms with E-state index in [9.17, 15) is 39.6 Å². The molecule has 0 saturated heterocycles. The SMILES string of the molecule is C=C(O)[C@H]([C@@H]1C[C@@H]2Cc3ccc(NC(=O)Nc4cccc5ccccc45)c(O)c3C(O)=C2C(=O)[C@]1(O)C(=O)CC(N)=O)N(C)C. The van der Waals surface area contributed by atoms with Crippen LogP contribution in [0.4, 0.5) is 16.2 Å². The minimum absolute atomic E-state index is 0.0671. The monoisotopic (exact) mass is 614 g/mol. The molecule has 45 heavy (non-hydrogen) atoms. The Bertz CT molecular complexity index is 1790. The summed E-state index contributed by atoms with van der Waals surface area (Å²) in [6, 6.07) is 14.2. The van der Waals surface area contributed by atoms with Crippen LogP contribution in [0.3, 0.4) is 0 Å². The Labute approximate surface area is 258 Å². The van der Waals surface area contributed by atoms with Gasteiger partial charge in [-0.15, -0.1) is 0 Å². The molecule has 3 aromatic rings. The minimum Gasteiger partial charge on any atom is -0.511 e. The first-order valence-electron chi connectivity index (χ1n) is 14.2. The largest absolute Gasteiger partial charge is 0.511 e. The Morgan fingerprint density at radius 1 is 1.04 bits per heavy atom. The fourth-order valence-corrected chi connectivity index (χ4v) is 6.69. The number of amides is 3. The Morgan fingerprint density at radius 2 is 1.71 bits per heavy atom. The van der Waals surface area contributed by atoms with Crippen LogP contribution in [0.15, 0.2) is 72.5 Å². The highest BCUT2D eigenvalue weighted by molar-refractivity contribution is 6.23. The molecule has 4 atom stereocenters. The van der Waals surface area contributed by atoms with Gasteiger partial charge >= 0.3 is 6.03 Å². The lowest BCUT2D eigenvalue weighted by molar-refractivity contribution is -0.162. The third-order valence-corrected chi connectivity index (χ3v) is 8.62. The summed E-state index contributed by atoms with van der Waals surface area (Å²) >= 11 is 0. The van der Waals surface area contributed by atoms with Crippen LogP contribution in [0.1, 0.15) is 24.0 Å². The average Bonchev–Trinajstić information content (AvgIpc) is 2.96. The van der Waals surface area contributed by atoms with Crippen LogP contribution in [-0.4, -0.2) is 74.6 Å². The van der Waals surface area contributed by atoms with Gasteiger partial charge < -0.3 is 36.8 Å². The molecule has 0 unspecified atom stereocenters. The van der Waals surface area contributed by atoms with E-state index in [1.807, 2.05) is 30.3 Å². The second-order valence-electron chi connectivity index (χ2n) is 11.7. The third kappa shape index (κ3) is 5.38. The van der Waals surface area contributed by atoms with Crippen LogP contribution in [0, 0.1) is 11.8 Å². The van der Waals surface area contributed by atoms with Crippen molar-refractivity contribution in [1.82, 2.24) is 4.90 Å². The van der Waals surface area contributed by atoms with Crippen LogP contribution < -0.4 is 16.4 Å². The zero-order valence-corrected chi connectivity index (χ0v) is 24.7. The summed E-state index contributed by atoms with van der Waals surface area (Å²) in [5, 5.41) is 51.9. The number of ketones is 2. The molecule has 1 saturated carbocycles. The van der Waals surface area contributed by atoms with Gasteiger partial charge in [-0.05, 0) is 55.9 Å². The predicted molar refractivity (Wildman–Crippen MR) is 168 cm³/mol. The molecule has 0 aliphatic heterocycles. The third-order valence-electron chi connectivity index (χ3n) is 8.62. The molecular formula is C33H34N4O8. The molecule has 0 aromatic heterocycles. The number of fused-ring (bicyclic) bond motifs is 3. The summed E-state index contributed by atoms with van der Waals surface area (Å²) in [4.78, 5) is 53.5. The number of aromatic hydroxyl groups is 1. The first-order chi connectivity index (χ1) is 21.2. The molecular weight excluding hydrogens is 580 g/mol. The minimum atomic E-state index is -2.85. The number of carbonyl (C=O) groups is 4. The average molecular weight is 615 g/mol. The van der Waals surface area contributed by atoms with E-state index < -0.39 is 70.7 Å². The molecule has 0 bridgehead atoms. The van der Waals surface area contributed by atoms with Crippen LogP contribution >= 0.6 is 0 Å². The van der Waals surface area contributed by atoms with E-state index in [4.69, 9.17) is 5.73 Å².